The molecule has 46 heavy (non-hydrogen) atoms. The number of carbonyl (C=O) groups excluding carboxylic acids is 4. The third-order valence-corrected chi connectivity index (χ3v) is 10.0. The predicted octanol–water partition coefficient (Wildman–Crippen LogP) is 1.78. The summed E-state index contributed by atoms with van der Waals surface area (Å²) in [6, 6.07) is 21.6. The predicted molar refractivity (Wildman–Crippen MR) is 162 cm³/mol. The van der Waals surface area contributed by atoms with Crippen molar-refractivity contribution in [3.05, 3.63) is 101 Å². The number of amides is 1. The molecule has 3 aromatic rings. The Labute approximate surface area is 263 Å². The molecule has 0 bridgehead atoms. The quantitative estimate of drug-likeness (QED) is 0.104. The molecule has 1 heterocycles. The second-order valence-corrected chi connectivity index (χ2v) is 12.9. The van der Waals surface area contributed by atoms with Crippen LogP contribution in [0.2, 0.25) is 0 Å². The van der Waals surface area contributed by atoms with Gasteiger partial charge < -0.3 is 28.8 Å². The summed E-state index contributed by atoms with van der Waals surface area (Å²) < 4.78 is 36.6. The molecular formula is C31H31N2O12P. The molecule has 14 nitrogen and oxygen atoms in total. The lowest BCUT2D eigenvalue weighted by Crippen LogP contribution is -2.67. The maximum absolute atomic E-state index is 15.1. The lowest BCUT2D eigenvalue weighted by atomic mass is 9.95. The maximum atomic E-state index is 15.1. The summed E-state index contributed by atoms with van der Waals surface area (Å²) in [4.78, 5) is 66.2. The smallest absolute Gasteiger partial charge is 0.303 e. The van der Waals surface area contributed by atoms with Crippen LogP contribution < -0.4 is 21.2 Å². The molecule has 1 saturated heterocycles. The molecule has 1 aliphatic heterocycles. The molecule has 15 heteroatoms. The topological polar surface area (TPSA) is 187 Å². The number of hydrogen-bond donors (Lipinski definition) is 1. The van der Waals surface area contributed by atoms with E-state index in [1.54, 1.807) is 78.9 Å². The number of nitrogens with one attached hydrogen (secondary N) is 1. The summed E-state index contributed by atoms with van der Waals surface area (Å²) in [7, 11) is -3.69. The molecular weight excluding hydrogens is 623 g/mol. The second kappa shape index (κ2) is 14.8. The van der Waals surface area contributed by atoms with E-state index in [1.165, 1.54) is 6.07 Å². The van der Waals surface area contributed by atoms with Gasteiger partial charge in [-0.1, -0.05) is 78.9 Å². The molecule has 3 aromatic carbocycles. The van der Waals surface area contributed by atoms with Crippen LogP contribution in [0.15, 0.2) is 84.9 Å². The largest absolute Gasteiger partial charge is 0.463 e. The van der Waals surface area contributed by atoms with Crippen LogP contribution in [0.1, 0.15) is 31.1 Å². The molecule has 2 unspecified atom stereocenters. The first-order valence-corrected chi connectivity index (χ1v) is 15.7. The molecule has 1 N–H and O–H groups in total. The summed E-state index contributed by atoms with van der Waals surface area (Å²) >= 11 is 0. The standard InChI is InChI=1S/C31H31N2O12P/c1-19(34)41-18-25-28(42-20(2)35)29(43-21(3)36)27(31(44-25)45-33(38)39)32-30(37)24-16-10-11-17-26(24)46(40,22-12-6-4-7-13-22)23-14-8-5-9-15-23/h4-17,25,27-29,31H,18H2,1-3H3,(H,32,37)/t25?,27?,28-,29-,31+/m1/s1. The van der Waals surface area contributed by atoms with Crippen molar-refractivity contribution in [2.24, 2.45) is 0 Å². The Morgan fingerprint density at radius 3 is 1.85 bits per heavy atom. The third kappa shape index (κ3) is 7.76. The highest BCUT2D eigenvalue weighted by atomic mass is 31.2. The van der Waals surface area contributed by atoms with Crippen LogP contribution in [-0.2, 0) is 42.7 Å². The van der Waals surface area contributed by atoms with Crippen molar-refractivity contribution in [1.82, 2.24) is 5.32 Å². The summed E-state index contributed by atoms with van der Waals surface area (Å²) in [5.41, 5.74) is -0.0639. The molecule has 242 valence electrons. The van der Waals surface area contributed by atoms with Crippen molar-refractivity contribution in [2.45, 2.75) is 51.4 Å². The molecule has 0 radical (unpaired) electrons. The Bertz CT molecular complexity index is 1590. The van der Waals surface area contributed by atoms with E-state index >= 15 is 4.57 Å². The van der Waals surface area contributed by atoms with E-state index in [1.807, 2.05) is 0 Å². The average Bonchev–Trinajstić information content (AvgIpc) is 3.02. The zero-order valence-corrected chi connectivity index (χ0v) is 25.9. The minimum Gasteiger partial charge on any atom is -0.463 e. The third-order valence-electron chi connectivity index (χ3n) is 6.92. The van der Waals surface area contributed by atoms with E-state index in [4.69, 9.17) is 23.8 Å². The lowest BCUT2D eigenvalue weighted by Gasteiger charge is -2.44. The molecule has 1 aliphatic rings. The fourth-order valence-corrected chi connectivity index (χ4v) is 7.95. The minimum absolute atomic E-state index is 0.0639. The normalized spacial score (nSPS) is 20.9. The molecule has 1 amide bonds. The summed E-state index contributed by atoms with van der Waals surface area (Å²) in [6.07, 6.45) is -6.46. The van der Waals surface area contributed by atoms with Crippen molar-refractivity contribution in [3.63, 3.8) is 0 Å². The lowest BCUT2D eigenvalue weighted by molar-refractivity contribution is -0.783. The van der Waals surface area contributed by atoms with E-state index in [2.05, 4.69) is 5.32 Å². The highest BCUT2D eigenvalue weighted by Crippen LogP contribution is 2.43. The number of rotatable bonds is 11. The van der Waals surface area contributed by atoms with E-state index in [-0.39, 0.29) is 10.9 Å². The monoisotopic (exact) mass is 654 g/mol. The second-order valence-electron chi connectivity index (χ2n) is 10.1. The Morgan fingerprint density at radius 1 is 0.804 bits per heavy atom. The molecule has 1 fully saturated rings. The van der Waals surface area contributed by atoms with E-state index in [0.717, 1.165) is 20.8 Å². The number of nitrogens with zero attached hydrogens (tertiary/aromatic N) is 1. The molecule has 0 saturated carbocycles. The van der Waals surface area contributed by atoms with Gasteiger partial charge in [0.1, 0.15) is 18.8 Å². The van der Waals surface area contributed by atoms with Crippen molar-refractivity contribution < 1.29 is 52.6 Å². The van der Waals surface area contributed by atoms with Crippen LogP contribution in [0.4, 0.5) is 0 Å². The van der Waals surface area contributed by atoms with Crippen molar-refractivity contribution in [2.75, 3.05) is 6.61 Å². The first kappa shape index (κ1) is 33.8. The summed E-state index contributed by atoms with van der Waals surface area (Å²) in [5.74, 6) is -3.37. The summed E-state index contributed by atoms with van der Waals surface area (Å²) in [5, 5.41) is 13.9. The van der Waals surface area contributed by atoms with Crippen molar-refractivity contribution in [3.8, 4) is 0 Å². The minimum atomic E-state index is -3.69. The van der Waals surface area contributed by atoms with Crippen LogP contribution in [0.25, 0.3) is 0 Å². The number of hydrogen-bond acceptors (Lipinski definition) is 12. The van der Waals surface area contributed by atoms with Gasteiger partial charge in [-0.05, 0) is 6.07 Å². The summed E-state index contributed by atoms with van der Waals surface area (Å²) in [6.45, 7) is 2.63. The van der Waals surface area contributed by atoms with E-state index in [9.17, 15) is 29.3 Å². The first-order chi connectivity index (χ1) is 21.9. The van der Waals surface area contributed by atoms with Gasteiger partial charge in [0.05, 0.1) is 5.56 Å². The SMILES string of the molecule is CC(=O)OCC1O[C@@H](O[N+](=O)[O-])C(NC(=O)c2ccccc2P(=O)(c2ccccc2)c2ccccc2)[C@@H](OC(C)=O)[C@@H]1OC(C)=O. The van der Waals surface area contributed by atoms with Gasteiger partial charge in [0.15, 0.2) is 19.3 Å². The van der Waals surface area contributed by atoms with E-state index < -0.39 is 73.3 Å². The van der Waals surface area contributed by atoms with Gasteiger partial charge in [-0.3, -0.25) is 24.0 Å². The highest BCUT2D eigenvalue weighted by Gasteiger charge is 2.52. The first-order valence-electron chi connectivity index (χ1n) is 14.0. The van der Waals surface area contributed by atoms with Gasteiger partial charge >= 0.3 is 17.9 Å². The zero-order chi connectivity index (χ0) is 33.4. The number of benzene rings is 3. The molecule has 4 rings (SSSR count). The maximum Gasteiger partial charge on any atom is 0.303 e. The van der Waals surface area contributed by atoms with Crippen LogP contribution in [0.5, 0.6) is 0 Å². The fourth-order valence-electron chi connectivity index (χ4n) is 5.10. The molecule has 0 spiro atoms. The fraction of sp³-hybridized carbons (Fsp3) is 0.290. The van der Waals surface area contributed by atoms with Gasteiger partial charge in [-0.25, -0.2) is 0 Å². The van der Waals surface area contributed by atoms with Crippen LogP contribution >= 0.6 is 7.14 Å². The van der Waals surface area contributed by atoms with Crippen LogP contribution in [-0.4, -0.2) is 66.2 Å². The van der Waals surface area contributed by atoms with Crippen molar-refractivity contribution >= 4 is 46.9 Å². The molecule has 5 atom stereocenters. The Morgan fingerprint density at radius 2 is 1.33 bits per heavy atom. The Kier molecular flexibility index (Phi) is 10.9. The van der Waals surface area contributed by atoms with E-state index in [0.29, 0.717) is 10.6 Å². The zero-order valence-electron chi connectivity index (χ0n) is 25.0. The highest BCUT2D eigenvalue weighted by molar-refractivity contribution is 7.85. The number of ether oxygens (including phenoxy) is 4. The van der Waals surface area contributed by atoms with Gasteiger partial charge in [-0.2, -0.15) is 0 Å². The van der Waals surface area contributed by atoms with Gasteiger partial charge in [0.25, 0.3) is 11.0 Å². The van der Waals surface area contributed by atoms with Gasteiger partial charge in [0.2, 0.25) is 6.29 Å². The molecule has 0 aromatic heterocycles. The number of carbonyl (C=O) groups is 4. The van der Waals surface area contributed by atoms with Gasteiger partial charge in [-0.15, -0.1) is 10.1 Å². The number of esters is 3. The molecule has 0 aliphatic carbocycles. The van der Waals surface area contributed by atoms with Gasteiger partial charge in [0, 0.05) is 36.7 Å². The van der Waals surface area contributed by atoms with Crippen molar-refractivity contribution in [1.29, 1.82) is 0 Å². The Balaban J connectivity index is 1.81. The Hall–Kier alpha value is -5.07. The average molecular weight is 655 g/mol. The van der Waals surface area contributed by atoms with Crippen LogP contribution in [0, 0.1) is 10.1 Å². The van der Waals surface area contributed by atoms with Crippen LogP contribution in [0.3, 0.4) is 0 Å².